The van der Waals surface area contributed by atoms with Gasteiger partial charge in [0.25, 0.3) is 0 Å². The Labute approximate surface area is 149 Å². The lowest BCUT2D eigenvalue weighted by atomic mass is 10.1. The molecule has 1 aromatic rings. The molecular formula is C20H35NO2S. The van der Waals surface area contributed by atoms with Gasteiger partial charge in [0.15, 0.2) is 0 Å². The van der Waals surface area contributed by atoms with E-state index in [1.807, 2.05) is 26.0 Å². The fraction of sp³-hybridized carbons (Fsp3) is 0.700. The number of benzene rings is 1. The first-order chi connectivity index (χ1) is 11.5. The molecule has 0 heterocycles. The standard InChI is InChI=1S/C20H35NO2S/c1-4-6-7-8-9-10-11-12-13-18-21(5-2)24(22,23)20-16-14-19(3)15-17-20/h14-17H,4-13,18H2,1-3H3. The number of aryl methyl sites for hydroxylation is 1. The first kappa shape index (κ1) is 21.2. The Hall–Kier alpha value is -0.870. The second-order valence-electron chi connectivity index (χ2n) is 6.64. The predicted octanol–water partition coefficient (Wildman–Crippen LogP) is 5.54. The molecule has 0 atom stereocenters. The van der Waals surface area contributed by atoms with Gasteiger partial charge >= 0.3 is 0 Å². The highest BCUT2D eigenvalue weighted by Gasteiger charge is 2.22. The van der Waals surface area contributed by atoms with E-state index >= 15 is 0 Å². The lowest BCUT2D eigenvalue weighted by molar-refractivity contribution is 0.410. The van der Waals surface area contributed by atoms with Crippen LogP contribution in [0.2, 0.25) is 0 Å². The summed E-state index contributed by atoms with van der Waals surface area (Å²) in [6.45, 7) is 7.29. The van der Waals surface area contributed by atoms with E-state index in [4.69, 9.17) is 0 Å². The second-order valence-corrected chi connectivity index (χ2v) is 8.58. The molecule has 0 aromatic heterocycles. The van der Waals surface area contributed by atoms with Gasteiger partial charge in [-0.2, -0.15) is 4.31 Å². The van der Waals surface area contributed by atoms with Crippen LogP contribution in [0, 0.1) is 6.92 Å². The molecular weight excluding hydrogens is 318 g/mol. The molecule has 24 heavy (non-hydrogen) atoms. The number of sulfonamides is 1. The van der Waals surface area contributed by atoms with Crippen molar-refractivity contribution >= 4 is 10.0 Å². The van der Waals surface area contributed by atoms with E-state index in [2.05, 4.69) is 6.92 Å². The molecule has 0 aliphatic heterocycles. The summed E-state index contributed by atoms with van der Waals surface area (Å²) in [6.07, 6.45) is 11.2. The zero-order valence-electron chi connectivity index (χ0n) is 15.8. The number of unbranched alkanes of at least 4 members (excludes halogenated alkanes) is 8. The van der Waals surface area contributed by atoms with Crippen LogP contribution in [0.25, 0.3) is 0 Å². The molecule has 4 heteroatoms. The van der Waals surface area contributed by atoms with Crippen LogP contribution in [0.1, 0.15) is 77.2 Å². The van der Waals surface area contributed by atoms with E-state index in [0.717, 1.165) is 18.4 Å². The highest BCUT2D eigenvalue weighted by Crippen LogP contribution is 2.17. The van der Waals surface area contributed by atoms with Gasteiger partial charge in [-0.3, -0.25) is 0 Å². The average molecular weight is 354 g/mol. The molecule has 1 rings (SSSR count). The van der Waals surface area contributed by atoms with E-state index in [9.17, 15) is 8.42 Å². The van der Waals surface area contributed by atoms with Crippen LogP contribution in [0.5, 0.6) is 0 Å². The molecule has 0 saturated carbocycles. The smallest absolute Gasteiger partial charge is 0.207 e. The van der Waals surface area contributed by atoms with E-state index in [0.29, 0.717) is 18.0 Å². The molecule has 1 aromatic carbocycles. The largest absolute Gasteiger partial charge is 0.243 e. The first-order valence-corrected chi connectivity index (χ1v) is 11.0. The van der Waals surface area contributed by atoms with Gasteiger partial charge in [-0.15, -0.1) is 0 Å². The van der Waals surface area contributed by atoms with Crippen LogP contribution < -0.4 is 0 Å². The molecule has 3 nitrogen and oxygen atoms in total. The number of nitrogens with zero attached hydrogens (tertiary/aromatic N) is 1. The van der Waals surface area contributed by atoms with Crippen LogP contribution >= 0.6 is 0 Å². The van der Waals surface area contributed by atoms with Gasteiger partial charge in [0, 0.05) is 13.1 Å². The summed E-state index contributed by atoms with van der Waals surface area (Å²) in [4.78, 5) is 0.408. The maximum Gasteiger partial charge on any atom is 0.243 e. The van der Waals surface area contributed by atoms with E-state index in [1.165, 1.54) is 44.9 Å². The lowest BCUT2D eigenvalue weighted by Crippen LogP contribution is -2.31. The predicted molar refractivity (Wildman–Crippen MR) is 103 cm³/mol. The summed E-state index contributed by atoms with van der Waals surface area (Å²) in [6, 6.07) is 7.14. The van der Waals surface area contributed by atoms with E-state index < -0.39 is 10.0 Å². The second kappa shape index (κ2) is 11.6. The molecule has 0 aliphatic carbocycles. The van der Waals surface area contributed by atoms with Crippen LogP contribution in [0.4, 0.5) is 0 Å². The Morgan fingerprint density at radius 2 is 1.29 bits per heavy atom. The van der Waals surface area contributed by atoms with Gasteiger partial charge in [-0.1, -0.05) is 82.9 Å². The summed E-state index contributed by atoms with van der Waals surface area (Å²) in [5, 5.41) is 0. The molecule has 0 spiro atoms. The molecule has 0 aliphatic rings. The van der Waals surface area contributed by atoms with Gasteiger partial charge in [0.05, 0.1) is 4.90 Å². The minimum Gasteiger partial charge on any atom is -0.207 e. The normalized spacial score (nSPS) is 12.0. The van der Waals surface area contributed by atoms with Crippen LogP contribution in [0.15, 0.2) is 29.2 Å². The third-order valence-electron chi connectivity index (χ3n) is 4.52. The third-order valence-corrected chi connectivity index (χ3v) is 6.51. The molecule has 0 fully saturated rings. The summed E-state index contributed by atoms with van der Waals surface area (Å²) < 4.78 is 26.9. The van der Waals surface area contributed by atoms with Gasteiger partial charge in [0.1, 0.15) is 0 Å². The van der Waals surface area contributed by atoms with Crippen molar-refractivity contribution in [3.05, 3.63) is 29.8 Å². The fourth-order valence-corrected chi connectivity index (χ4v) is 4.39. The molecule has 0 bridgehead atoms. The van der Waals surface area contributed by atoms with Crippen LogP contribution in [-0.2, 0) is 10.0 Å². The highest BCUT2D eigenvalue weighted by molar-refractivity contribution is 7.89. The number of hydrogen-bond acceptors (Lipinski definition) is 2. The highest BCUT2D eigenvalue weighted by atomic mass is 32.2. The molecule has 138 valence electrons. The van der Waals surface area contributed by atoms with E-state index in [-0.39, 0.29) is 0 Å². The average Bonchev–Trinajstić information content (AvgIpc) is 2.57. The van der Waals surface area contributed by atoms with Crippen molar-refractivity contribution in [1.82, 2.24) is 4.31 Å². The van der Waals surface area contributed by atoms with Crippen molar-refractivity contribution in [2.75, 3.05) is 13.1 Å². The molecule has 0 unspecified atom stereocenters. The Balaban J connectivity index is 2.32. The van der Waals surface area contributed by atoms with Crippen molar-refractivity contribution in [1.29, 1.82) is 0 Å². The Morgan fingerprint density at radius 1 is 0.792 bits per heavy atom. The van der Waals surface area contributed by atoms with Crippen molar-refractivity contribution < 1.29 is 8.42 Å². The Kier molecular flexibility index (Phi) is 10.3. The Morgan fingerprint density at radius 3 is 1.79 bits per heavy atom. The van der Waals surface area contributed by atoms with Gasteiger partial charge in [-0.05, 0) is 25.5 Å². The van der Waals surface area contributed by atoms with Crippen LogP contribution in [0.3, 0.4) is 0 Å². The zero-order valence-corrected chi connectivity index (χ0v) is 16.6. The van der Waals surface area contributed by atoms with Gasteiger partial charge in [-0.25, -0.2) is 8.42 Å². The SMILES string of the molecule is CCCCCCCCCCCN(CC)S(=O)(=O)c1ccc(C)cc1. The van der Waals surface area contributed by atoms with Crippen molar-refractivity contribution in [2.24, 2.45) is 0 Å². The quantitative estimate of drug-likeness (QED) is 0.437. The topological polar surface area (TPSA) is 37.4 Å². The third kappa shape index (κ3) is 7.35. The first-order valence-electron chi connectivity index (χ1n) is 9.59. The van der Waals surface area contributed by atoms with Gasteiger partial charge in [0.2, 0.25) is 10.0 Å². The minimum atomic E-state index is -3.34. The lowest BCUT2D eigenvalue weighted by Gasteiger charge is -2.20. The summed E-state index contributed by atoms with van der Waals surface area (Å²) in [7, 11) is -3.34. The van der Waals surface area contributed by atoms with Crippen molar-refractivity contribution in [3.63, 3.8) is 0 Å². The minimum absolute atomic E-state index is 0.408. The van der Waals surface area contributed by atoms with E-state index in [1.54, 1.807) is 16.4 Å². The maximum absolute atomic E-state index is 12.7. The fourth-order valence-electron chi connectivity index (χ4n) is 2.91. The monoisotopic (exact) mass is 353 g/mol. The summed E-state index contributed by atoms with van der Waals surface area (Å²) in [5.41, 5.74) is 1.08. The molecule has 0 saturated heterocycles. The Bertz CT molecular complexity index is 537. The molecule has 0 radical (unpaired) electrons. The van der Waals surface area contributed by atoms with Crippen LogP contribution in [-0.4, -0.2) is 25.8 Å². The summed E-state index contributed by atoms with van der Waals surface area (Å²) in [5.74, 6) is 0. The summed E-state index contributed by atoms with van der Waals surface area (Å²) >= 11 is 0. The number of rotatable bonds is 13. The molecule has 0 amide bonds. The van der Waals surface area contributed by atoms with Gasteiger partial charge < -0.3 is 0 Å². The zero-order chi connectivity index (χ0) is 17.8. The van der Waals surface area contributed by atoms with Crippen molar-refractivity contribution in [2.45, 2.75) is 83.5 Å². The number of hydrogen-bond donors (Lipinski definition) is 0. The van der Waals surface area contributed by atoms with Crippen molar-refractivity contribution in [3.8, 4) is 0 Å². The molecule has 0 N–H and O–H groups in total. The maximum atomic E-state index is 12.7.